The first-order chi connectivity index (χ1) is 7.04. The van der Waals surface area contributed by atoms with Gasteiger partial charge < -0.3 is 15.4 Å². The molecule has 1 amide bonds. The number of H-pyrrole nitrogens is 1. The molecule has 1 unspecified atom stereocenters. The van der Waals surface area contributed by atoms with Crippen molar-refractivity contribution >= 4 is 11.7 Å². The van der Waals surface area contributed by atoms with E-state index in [1.54, 1.807) is 6.92 Å². The predicted octanol–water partition coefficient (Wildman–Crippen LogP) is 0.674. The van der Waals surface area contributed by atoms with Crippen LogP contribution in [0.3, 0.4) is 0 Å². The first-order valence-electron chi connectivity index (χ1n) is 4.15. The van der Waals surface area contributed by atoms with Crippen molar-refractivity contribution in [2.45, 2.75) is 13.0 Å². The third kappa shape index (κ3) is 2.57. The van der Waals surface area contributed by atoms with Crippen LogP contribution in [0.5, 0.6) is 0 Å². The smallest absolute Gasteiger partial charge is 0.321 e. The van der Waals surface area contributed by atoms with Crippen molar-refractivity contribution in [2.75, 3.05) is 0 Å². The van der Waals surface area contributed by atoms with Crippen LogP contribution >= 0.6 is 0 Å². The maximum Gasteiger partial charge on any atom is 0.321 e. The fraction of sp³-hybridized carbons (Fsp3) is 0.222. The highest BCUT2D eigenvalue weighted by Crippen LogP contribution is 2.09. The van der Waals surface area contributed by atoms with Crippen LogP contribution in [0.15, 0.2) is 12.1 Å². The molecule has 0 radical (unpaired) electrons. The first-order valence-corrected chi connectivity index (χ1v) is 4.15. The van der Waals surface area contributed by atoms with E-state index in [4.69, 9.17) is 6.42 Å². The summed E-state index contributed by atoms with van der Waals surface area (Å²) in [4.78, 5) is 23.5. The molecule has 0 bridgehead atoms. The van der Waals surface area contributed by atoms with E-state index in [-0.39, 0.29) is 11.5 Å². The lowest BCUT2D eigenvalue weighted by molar-refractivity contribution is -0.389. The molecule has 0 saturated carbocycles. The number of hydrogen-bond donors (Lipinski definition) is 2. The number of hydrogen-bond acceptors (Lipinski definition) is 3. The number of amides is 1. The molecule has 0 saturated heterocycles. The summed E-state index contributed by atoms with van der Waals surface area (Å²) in [6.07, 6.45) is 5.07. The second-order valence-corrected chi connectivity index (χ2v) is 2.88. The molecule has 2 N–H and O–H groups in total. The van der Waals surface area contributed by atoms with Crippen LogP contribution in [-0.4, -0.2) is 21.9 Å². The van der Waals surface area contributed by atoms with Gasteiger partial charge in [0.15, 0.2) is 5.69 Å². The largest absolute Gasteiger partial charge is 0.358 e. The number of aromatic nitrogens is 1. The second kappa shape index (κ2) is 4.28. The Bertz CT molecular complexity index is 430. The highest BCUT2D eigenvalue weighted by Gasteiger charge is 2.15. The Balaban J connectivity index is 2.75. The fourth-order valence-electron chi connectivity index (χ4n) is 0.939. The fourth-order valence-corrected chi connectivity index (χ4v) is 0.939. The van der Waals surface area contributed by atoms with Gasteiger partial charge >= 0.3 is 5.82 Å². The number of nitrogens with one attached hydrogen (secondary N) is 2. The topological polar surface area (TPSA) is 88.0 Å². The Hall–Kier alpha value is -2.29. The van der Waals surface area contributed by atoms with E-state index >= 15 is 0 Å². The van der Waals surface area contributed by atoms with E-state index in [9.17, 15) is 14.9 Å². The third-order valence-electron chi connectivity index (χ3n) is 1.71. The summed E-state index contributed by atoms with van der Waals surface area (Å²) in [5.74, 6) is 1.62. The Labute approximate surface area is 85.8 Å². The molecule has 1 heterocycles. The van der Waals surface area contributed by atoms with Crippen LogP contribution in [0.25, 0.3) is 0 Å². The Kier molecular flexibility index (Phi) is 3.08. The van der Waals surface area contributed by atoms with Gasteiger partial charge in [-0.05, 0) is 17.9 Å². The van der Waals surface area contributed by atoms with Crippen molar-refractivity contribution in [3.8, 4) is 12.3 Å². The predicted molar refractivity (Wildman–Crippen MR) is 53.2 cm³/mol. The van der Waals surface area contributed by atoms with E-state index in [0.717, 1.165) is 0 Å². The van der Waals surface area contributed by atoms with Crippen LogP contribution in [0, 0.1) is 22.5 Å². The molecule has 6 nitrogen and oxygen atoms in total. The van der Waals surface area contributed by atoms with Gasteiger partial charge in [0.1, 0.15) is 0 Å². The third-order valence-corrected chi connectivity index (χ3v) is 1.71. The first kappa shape index (κ1) is 10.8. The number of nitro groups is 1. The molecule has 0 aliphatic heterocycles. The molecule has 1 aromatic heterocycles. The normalized spacial score (nSPS) is 11.5. The summed E-state index contributed by atoms with van der Waals surface area (Å²) in [5.41, 5.74) is 0.115. The SMILES string of the molecule is C#CC(C)NC(=O)c1ccc([N+](=O)[O-])[nH]1. The van der Waals surface area contributed by atoms with Gasteiger partial charge in [-0.25, -0.2) is 4.98 Å². The molecule has 1 atom stereocenters. The van der Waals surface area contributed by atoms with Crippen molar-refractivity contribution in [2.24, 2.45) is 0 Å². The minimum absolute atomic E-state index is 0.115. The molecule has 0 aromatic carbocycles. The van der Waals surface area contributed by atoms with Crippen LogP contribution in [0.2, 0.25) is 0 Å². The number of terminal acetylenes is 1. The zero-order chi connectivity index (χ0) is 11.4. The number of nitrogens with zero attached hydrogens (tertiary/aromatic N) is 1. The number of carbonyl (C=O) groups excluding carboxylic acids is 1. The van der Waals surface area contributed by atoms with E-state index in [0.29, 0.717) is 0 Å². The van der Waals surface area contributed by atoms with Crippen molar-refractivity contribution in [1.29, 1.82) is 0 Å². The molecule has 0 fully saturated rings. The molecular formula is C9H9N3O3. The van der Waals surface area contributed by atoms with Crippen LogP contribution in [0.1, 0.15) is 17.4 Å². The Morgan fingerprint density at radius 3 is 2.87 bits per heavy atom. The summed E-state index contributed by atoms with van der Waals surface area (Å²) in [6, 6.07) is 2.13. The average Bonchev–Trinajstić information content (AvgIpc) is 2.66. The van der Waals surface area contributed by atoms with Gasteiger partial charge in [0.25, 0.3) is 5.91 Å². The van der Waals surface area contributed by atoms with Crippen LogP contribution in [0.4, 0.5) is 5.82 Å². The summed E-state index contributed by atoms with van der Waals surface area (Å²) in [5, 5.41) is 12.8. The van der Waals surface area contributed by atoms with Crippen molar-refractivity contribution < 1.29 is 9.72 Å². The Morgan fingerprint density at radius 2 is 2.40 bits per heavy atom. The highest BCUT2D eigenvalue weighted by molar-refractivity contribution is 5.93. The van der Waals surface area contributed by atoms with Crippen molar-refractivity contribution in [1.82, 2.24) is 10.3 Å². The minimum atomic E-state index is -0.610. The minimum Gasteiger partial charge on any atom is -0.358 e. The number of rotatable bonds is 3. The summed E-state index contributed by atoms with van der Waals surface area (Å²) in [7, 11) is 0. The molecule has 0 spiro atoms. The van der Waals surface area contributed by atoms with Gasteiger partial charge in [-0.3, -0.25) is 4.79 Å². The standard InChI is InChI=1S/C9H9N3O3/c1-3-6(2)10-9(13)7-4-5-8(11-7)12(14)15/h1,4-6,11H,2H3,(H,10,13). The molecule has 6 heteroatoms. The van der Waals surface area contributed by atoms with E-state index in [1.165, 1.54) is 12.1 Å². The lowest BCUT2D eigenvalue weighted by atomic mass is 10.3. The molecule has 15 heavy (non-hydrogen) atoms. The van der Waals surface area contributed by atoms with E-state index in [2.05, 4.69) is 16.2 Å². The molecule has 0 aliphatic rings. The zero-order valence-corrected chi connectivity index (χ0v) is 7.98. The second-order valence-electron chi connectivity index (χ2n) is 2.88. The van der Waals surface area contributed by atoms with Gasteiger partial charge in [0.05, 0.1) is 6.04 Å². The van der Waals surface area contributed by atoms with Gasteiger partial charge in [-0.2, -0.15) is 0 Å². The maximum atomic E-state index is 11.4. The average molecular weight is 207 g/mol. The molecule has 1 rings (SSSR count). The highest BCUT2D eigenvalue weighted by atomic mass is 16.6. The van der Waals surface area contributed by atoms with E-state index < -0.39 is 16.9 Å². The van der Waals surface area contributed by atoms with Gasteiger partial charge in [0.2, 0.25) is 0 Å². The van der Waals surface area contributed by atoms with Gasteiger partial charge in [0, 0.05) is 6.07 Å². The Morgan fingerprint density at radius 1 is 1.73 bits per heavy atom. The zero-order valence-electron chi connectivity index (χ0n) is 7.98. The summed E-state index contributed by atoms with van der Waals surface area (Å²) < 4.78 is 0. The monoisotopic (exact) mass is 207 g/mol. The molecule has 78 valence electrons. The molecular weight excluding hydrogens is 198 g/mol. The van der Waals surface area contributed by atoms with Crippen LogP contribution < -0.4 is 5.32 Å². The van der Waals surface area contributed by atoms with Crippen LogP contribution in [-0.2, 0) is 0 Å². The summed E-state index contributed by atoms with van der Waals surface area (Å²) in [6.45, 7) is 1.63. The van der Waals surface area contributed by atoms with Gasteiger partial charge in [-0.15, -0.1) is 6.42 Å². The number of carbonyl (C=O) groups is 1. The number of aromatic amines is 1. The lowest BCUT2D eigenvalue weighted by Crippen LogP contribution is -2.31. The van der Waals surface area contributed by atoms with Crippen molar-refractivity contribution in [3.63, 3.8) is 0 Å². The maximum absolute atomic E-state index is 11.4. The van der Waals surface area contributed by atoms with Gasteiger partial charge in [-0.1, -0.05) is 5.92 Å². The summed E-state index contributed by atoms with van der Waals surface area (Å²) >= 11 is 0. The van der Waals surface area contributed by atoms with Crippen molar-refractivity contribution in [3.05, 3.63) is 27.9 Å². The van der Waals surface area contributed by atoms with E-state index in [1.807, 2.05) is 0 Å². The quantitative estimate of drug-likeness (QED) is 0.434. The molecule has 0 aliphatic carbocycles. The molecule has 1 aromatic rings. The lowest BCUT2D eigenvalue weighted by Gasteiger charge is -2.03.